The molecule has 11 heavy (non-hydrogen) atoms. The molecule has 0 radical (unpaired) electrons. The lowest BCUT2D eigenvalue weighted by Crippen LogP contribution is -1.88. The summed E-state index contributed by atoms with van der Waals surface area (Å²) >= 11 is 3.34. The molecule has 0 unspecified atom stereocenters. The molecule has 0 amide bonds. The molecule has 2 rings (SSSR count). The van der Waals surface area contributed by atoms with Crippen LogP contribution in [0.1, 0.15) is 0 Å². The van der Waals surface area contributed by atoms with Crippen molar-refractivity contribution in [2.45, 2.75) is 0 Å². The number of aromatic amines is 1. The standard InChI is InChI=1S/C7H6BrN3/c8-6-2-4-10-7-5(11-6)1-3-9-7/h1-4,9,11H. The molecule has 0 atom stereocenters. The Labute approximate surface area is 72.4 Å². The molecular weight excluding hydrogens is 206 g/mol. The van der Waals surface area contributed by atoms with E-state index in [1.165, 1.54) is 0 Å². The van der Waals surface area contributed by atoms with Crippen molar-refractivity contribution in [3.8, 4) is 0 Å². The highest BCUT2D eigenvalue weighted by Crippen LogP contribution is 2.26. The van der Waals surface area contributed by atoms with Gasteiger partial charge >= 0.3 is 0 Å². The zero-order valence-electron chi connectivity index (χ0n) is 5.63. The predicted octanol–water partition coefficient (Wildman–Crippen LogP) is 2.38. The molecule has 1 aliphatic rings. The van der Waals surface area contributed by atoms with Crippen molar-refractivity contribution in [3.63, 3.8) is 0 Å². The third-order valence-corrected chi connectivity index (χ3v) is 1.87. The first-order valence-corrected chi connectivity index (χ1v) is 4.00. The summed E-state index contributed by atoms with van der Waals surface area (Å²) in [5.74, 6) is 0.857. The first-order chi connectivity index (χ1) is 5.36. The fourth-order valence-electron chi connectivity index (χ4n) is 0.916. The average Bonchev–Trinajstić information content (AvgIpc) is 2.31. The van der Waals surface area contributed by atoms with E-state index < -0.39 is 0 Å². The van der Waals surface area contributed by atoms with Crippen LogP contribution < -0.4 is 5.32 Å². The first-order valence-electron chi connectivity index (χ1n) is 3.20. The summed E-state index contributed by atoms with van der Waals surface area (Å²) in [6.07, 6.45) is 5.44. The van der Waals surface area contributed by atoms with Gasteiger partial charge < -0.3 is 10.3 Å². The van der Waals surface area contributed by atoms with E-state index in [2.05, 4.69) is 31.2 Å². The summed E-state index contributed by atoms with van der Waals surface area (Å²) in [7, 11) is 0. The summed E-state index contributed by atoms with van der Waals surface area (Å²) in [5.41, 5.74) is 0.988. The number of aromatic nitrogens is 1. The maximum atomic E-state index is 4.15. The summed E-state index contributed by atoms with van der Waals surface area (Å²) in [6, 6.07) is 1.94. The SMILES string of the molecule is BrC1=CC=Nc2[nH]ccc2N1. The Hall–Kier alpha value is -1.03. The zero-order chi connectivity index (χ0) is 7.68. The van der Waals surface area contributed by atoms with Gasteiger partial charge in [0.2, 0.25) is 0 Å². The van der Waals surface area contributed by atoms with Gasteiger partial charge in [0, 0.05) is 12.4 Å². The van der Waals surface area contributed by atoms with Crippen molar-refractivity contribution in [1.29, 1.82) is 0 Å². The molecule has 0 saturated carbocycles. The smallest absolute Gasteiger partial charge is 0.153 e. The number of aliphatic imine (C=N–C) groups is 1. The number of H-pyrrole nitrogens is 1. The van der Waals surface area contributed by atoms with E-state index in [0.717, 1.165) is 16.1 Å². The van der Waals surface area contributed by atoms with E-state index in [0.29, 0.717) is 0 Å². The minimum Gasteiger partial charge on any atom is -0.347 e. The van der Waals surface area contributed by atoms with E-state index in [-0.39, 0.29) is 0 Å². The Morgan fingerprint density at radius 3 is 3.27 bits per heavy atom. The van der Waals surface area contributed by atoms with E-state index in [1.54, 1.807) is 6.21 Å². The van der Waals surface area contributed by atoms with Gasteiger partial charge in [-0.15, -0.1) is 0 Å². The maximum absolute atomic E-state index is 4.15. The number of rotatable bonds is 0. The number of allylic oxidation sites excluding steroid dienone is 1. The molecule has 0 saturated heterocycles. The van der Waals surface area contributed by atoms with E-state index in [1.807, 2.05) is 18.3 Å². The van der Waals surface area contributed by atoms with Crippen molar-refractivity contribution in [2.75, 3.05) is 5.32 Å². The molecule has 0 aliphatic carbocycles. The predicted molar refractivity (Wildman–Crippen MR) is 49.6 cm³/mol. The molecule has 0 spiro atoms. The summed E-state index contributed by atoms with van der Waals surface area (Å²) in [4.78, 5) is 7.15. The molecule has 4 heteroatoms. The zero-order valence-corrected chi connectivity index (χ0v) is 7.22. The molecule has 2 heterocycles. The highest BCUT2D eigenvalue weighted by molar-refractivity contribution is 9.11. The second-order valence-corrected chi connectivity index (χ2v) is 3.01. The van der Waals surface area contributed by atoms with Gasteiger partial charge in [0.15, 0.2) is 5.82 Å². The minimum absolute atomic E-state index is 0.857. The molecule has 0 aromatic carbocycles. The first kappa shape index (κ1) is 6.67. The van der Waals surface area contributed by atoms with E-state index in [9.17, 15) is 0 Å². The average molecular weight is 212 g/mol. The number of hydrogen-bond donors (Lipinski definition) is 2. The largest absolute Gasteiger partial charge is 0.347 e. The van der Waals surface area contributed by atoms with Crippen molar-refractivity contribution >= 4 is 33.6 Å². The summed E-state index contributed by atoms with van der Waals surface area (Å²) < 4.78 is 0.916. The quantitative estimate of drug-likeness (QED) is 0.636. The maximum Gasteiger partial charge on any atom is 0.153 e. The van der Waals surface area contributed by atoms with Crippen LogP contribution in [-0.2, 0) is 0 Å². The molecule has 56 valence electrons. The fraction of sp³-hybridized carbons (Fsp3) is 0. The van der Waals surface area contributed by atoms with Crippen molar-refractivity contribution in [3.05, 3.63) is 22.9 Å². The number of anilines is 1. The Balaban J connectivity index is 2.47. The van der Waals surface area contributed by atoms with Crippen molar-refractivity contribution in [1.82, 2.24) is 4.98 Å². The van der Waals surface area contributed by atoms with Crippen LogP contribution in [0.5, 0.6) is 0 Å². The van der Waals surface area contributed by atoms with Gasteiger partial charge in [-0.1, -0.05) is 0 Å². The van der Waals surface area contributed by atoms with Gasteiger partial charge in [-0.25, -0.2) is 4.99 Å². The minimum atomic E-state index is 0.857. The van der Waals surface area contributed by atoms with Gasteiger partial charge in [0.1, 0.15) is 0 Å². The van der Waals surface area contributed by atoms with Crippen LogP contribution >= 0.6 is 15.9 Å². The number of nitrogens with one attached hydrogen (secondary N) is 2. The van der Waals surface area contributed by atoms with Gasteiger partial charge in [-0.05, 0) is 28.1 Å². The third kappa shape index (κ3) is 1.21. The van der Waals surface area contributed by atoms with Crippen LogP contribution in [0.3, 0.4) is 0 Å². The van der Waals surface area contributed by atoms with Crippen molar-refractivity contribution in [2.24, 2.45) is 4.99 Å². The number of nitrogens with zero attached hydrogens (tertiary/aromatic N) is 1. The van der Waals surface area contributed by atoms with Gasteiger partial charge in [-0.3, -0.25) is 0 Å². The number of fused-ring (bicyclic) bond motifs is 1. The third-order valence-electron chi connectivity index (χ3n) is 1.40. The summed E-state index contributed by atoms with van der Waals surface area (Å²) in [5, 5.41) is 3.12. The molecule has 0 bridgehead atoms. The van der Waals surface area contributed by atoms with Crippen molar-refractivity contribution < 1.29 is 0 Å². The highest BCUT2D eigenvalue weighted by atomic mass is 79.9. The molecule has 2 N–H and O–H groups in total. The van der Waals surface area contributed by atoms with E-state index >= 15 is 0 Å². The molecule has 1 aromatic rings. The van der Waals surface area contributed by atoms with Gasteiger partial charge in [0.05, 0.1) is 10.3 Å². The molecule has 1 aliphatic heterocycles. The van der Waals surface area contributed by atoms with Gasteiger partial charge in [-0.2, -0.15) is 0 Å². The Kier molecular flexibility index (Phi) is 1.54. The molecule has 0 fully saturated rings. The van der Waals surface area contributed by atoms with E-state index in [4.69, 9.17) is 0 Å². The molecule has 3 nitrogen and oxygen atoms in total. The van der Waals surface area contributed by atoms with Gasteiger partial charge in [0.25, 0.3) is 0 Å². The lowest BCUT2D eigenvalue weighted by molar-refractivity contribution is 1.35. The van der Waals surface area contributed by atoms with Crippen LogP contribution in [0.25, 0.3) is 0 Å². The lowest BCUT2D eigenvalue weighted by Gasteiger charge is -1.98. The van der Waals surface area contributed by atoms with Crippen LogP contribution in [0.4, 0.5) is 11.5 Å². The second-order valence-electron chi connectivity index (χ2n) is 2.16. The van der Waals surface area contributed by atoms with Crippen LogP contribution in [-0.4, -0.2) is 11.2 Å². The Bertz CT molecular complexity index is 324. The normalized spacial score (nSPS) is 14.8. The molecule has 1 aromatic heterocycles. The fourth-order valence-corrected chi connectivity index (χ4v) is 1.25. The highest BCUT2D eigenvalue weighted by Gasteiger charge is 2.03. The number of hydrogen-bond acceptors (Lipinski definition) is 2. The monoisotopic (exact) mass is 211 g/mol. The van der Waals surface area contributed by atoms with Crippen LogP contribution in [0.2, 0.25) is 0 Å². The molecular formula is C7H6BrN3. The lowest BCUT2D eigenvalue weighted by atomic mass is 10.5. The second kappa shape index (κ2) is 2.54. The van der Waals surface area contributed by atoms with Crippen LogP contribution in [0, 0.1) is 0 Å². The Morgan fingerprint density at radius 1 is 1.45 bits per heavy atom. The topological polar surface area (TPSA) is 40.2 Å². The summed E-state index contributed by atoms with van der Waals surface area (Å²) in [6.45, 7) is 0. The Morgan fingerprint density at radius 2 is 2.36 bits per heavy atom. The number of halogens is 1. The van der Waals surface area contributed by atoms with Crippen LogP contribution in [0.15, 0.2) is 27.9 Å².